The number of aromatic nitrogens is 1. The summed E-state index contributed by atoms with van der Waals surface area (Å²) in [4.78, 5) is 18.5. The van der Waals surface area contributed by atoms with Gasteiger partial charge in [0.25, 0.3) is 5.91 Å². The fourth-order valence-electron chi connectivity index (χ4n) is 2.67. The Morgan fingerprint density at radius 3 is 2.67 bits per heavy atom. The summed E-state index contributed by atoms with van der Waals surface area (Å²) >= 11 is 0. The molecule has 0 aliphatic carbocycles. The molecule has 0 spiro atoms. The van der Waals surface area contributed by atoms with Gasteiger partial charge in [-0.15, -0.1) is 0 Å². The monoisotopic (exact) mass is 320 g/mol. The first-order chi connectivity index (χ1) is 11.6. The molecule has 0 bridgehead atoms. The van der Waals surface area contributed by atoms with Crippen molar-refractivity contribution in [2.45, 2.75) is 26.7 Å². The number of hydrogen-bond acceptors (Lipinski definition) is 3. The van der Waals surface area contributed by atoms with Gasteiger partial charge in [0.1, 0.15) is 11.5 Å². The second-order valence-electron chi connectivity index (χ2n) is 5.94. The first kappa shape index (κ1) is 16.1. The van der Waals surface area contributed by atoms with Crippen LogP contribution in [0.4, 0.5) is 0 Å². The van der Waals surface area contributed by atoms with Gasteiger partial charge in [-0.1, -0.05) is 17.6 Å². The fraction of sp³-hybridized carbons (Fsp3) is 0.300. The Morgan fingerprint density at radius 1 is 1.21 bits per heavy atom. The van der Waals surface area contributed by atoms with Gasteiger partial charge in [-0.25, -0.2) is 4.98 Å². The molecule has 0 saturated carbocycles. The van der Waals surface area contributed by atoms with Gasteiger partial charge in [-0.3, -0.25) is 4.79 Å². The zero-order valence-corrected chi connectivity index (χ0v) is 14.0. The highest BCUT2D eigenvalue weighted by Gasteiger charge is 2.22. The van der Waals surface area contributed by atoms with Crippen molar-refractivity contribution in [3.05, 3.63) is 64.9 Å². The third-order valence-corrected chi connectivity index (χ3v) is 4.01. The molecule has 1 aliphatic heterocycles. The standard InChI is InChI=1S/C20H20N2O2/c1-15-5-3-7-18(21-15)8-4-6-17-11-13-22(14-12-17)20(23)19-10-9-16(2)24-19/h3,5-7,9-10H,11-14H2,1-2H3. The van der Waals surface area contributed by atoms with Crippen LogP contribution in [0.2, 0.25) is 0 Å². The van der Waals surface area contributed by atoms with Gasteiger partial charge in [0.2, 0.25) is 0 Å². The number of amides is 1. The van der Waals surface area contributed by atoms with Gasteiger partial charge in [-0.05, 0) is 63.0 Å². The Hall–Kier alpha value is -2.80. The number of allylic oxidation sites excluding steroid dienone is 1. The van der Waals surface area contributed by atoms with E-state index in [9.17, 15) is 4.79 Å². The minimum atomic E-state index is -0.0304. The lowest BCUT2D eigenvalue weighted by Crippen LogP contribution is -2.36. The van der Waals surface area contributed by atoms with Crippen molar-refractivity contribution >= 4 is 5.91 Å². The number of nitrogens with zero attached hydrogens (tertiary/aromatic N) is 2. The summed E-state index contributed by atoms with van der Waals surface area (Å²) in [6.07, 6.45) is 3.66. The van der Waals surface area contributed by atoms with E-state index < -0.39 is 0 Å². The Morgan fingerprint density at radius 2 is 2.00 bits per heavy atom. The zero-order chi connectivity index (χ0) is 16.9. The minimum Gasteiger partial charge on any atom is -0.456 e. The average molecular weight is 320 g/mol. The highest BCUT2D eigenvalue weighted by Crippen LogP contribution is 2.19. The van der Waals surface area contributed by atoms with Gasteiger partial charge in [0, 0.05) is 18.8 Å². The molecule has 4 heteroatoms. The van der Waals surface area contributed by atoms with Crippen LogP contribution in [0.15, 0.2) is 46.4 Å². The summed E-state index contributed by atoms with van der Waals surface area (Å²) in [5.74, 6) is 7.29. The number of aryl methyl sites for hydroxylation is 2. The number of furan rings is 1. The normalized spacial score (nSPS) is 14.1. The van der Waals surface area contributed by atoms with E-state index in [1.807, 2.05) is 49.1 Å². The number of likely N-dealkylation sites (tertiary alicyclic amines) is 1. The van der Waals surface area contributed by atoms with Crippen LogP contribution in [0.5, 0.6) is 0 Å². The smallest absolute Gasteiger partial charge is 0.289 e. The van der Waals surface area contributed by atoms with Crippen LogP contribution in [0.25, 0.3) is 0 Å². The molecule has 3 heterocycles. The Labute approximate surface area is 142 Å². The van der Waals surface area contributed by atoms with E-state index in [0.717, 1.165) is 30.0 Å². The van der Waals surface area contributed by atoms with E-state index in [1.54, 1.807) is 6.07 Å². The SMILES string of the molecule is Cc1cccc(C#CC=C2CCN(C(=O)c3ccc(C)o3)CC2)n1. The van der Waals surface area contributed by atoms with Crippen LogP contribution < -0.4 is 0 Å². The molecule has 0 aromatic carbocycles. The molecule has 3 rings (SSSR count). The van der Waals surface area contributed by atoms with Crippen LogP contribution in [-0.4, -0.2) is 28.9 Å². The quantitative estimate of drug-likeness (QED) is 0.756. The van der Waals surface area contributed by atoms with Crippen molar-refractivity contribution in [3.8, 4) is 11.8 Å². The maximum atomic E-state index is 12.3. The number of rotatable bonds is 1. The van der Waals surface area contributed by atoms with E-state index in [1.165, 1.54) is 5.57 Å². The van der Waals surface area contributed by atoms with Gasteiger partial charge >= 0.3 is 0 Å². The molecule has 2 aromatic heterocycles. The average Bonchev–Trinajstić information content (AvgIpc) is 3.01. The van der Waals surface area contributed by atoms with Crippen LogP contribution in [0.3, 0.4) is 0 Å². The van der Waals surface area contributed by atoms with Crippen LogP contribution in [-0.2, 0) is 0 Å². The molecule has 0 radical (unpaired) electrons. The van der Waals surface area contributed by atoms with Crippen LogP contribution in [0.1, 0.15) is 40.5 Å². The van der Waals surface area contributed by atoms with Gasteiger partial charge in [0.05, 0.1) is 0 Å². The Kier molecular flexibility index (Phi) is 4.81. The number of carbonyl (C=O) groups is 1. The molecule has 1 saturated heterocycles. The number of piperidine rings is 1. The highest BCUT2D eigenvalue weighted by atomic mass is 16.3. The topological polar surface area (TPSA) is 46.3 Å². The summed E-state index contributed by atoms with van der Waals surface area (Å²) in [6.45, 7) is 5.20. The number of hydrogen-bond donors (Lipinski definition) is 0. The molecule has 1 fully saturated rings. The Balaban J connectivity index is 1.58. The maximum absolute atomic E-state index is 12.3. The first-order valence-corrected chi connectivity index (χ1v) is 8.10. The van der Waals surface area contributed by atoms with E-state index in [2.05, 4.69) is 16.8 Å². The molecule has 4 nitrogen and oxygen atoms in total. The second-order valence-corrected chi connectivity index (χ2v) is 5.94. The molecule has 2 aromatic rings. The van der Waals surface area contributed by atoms with E-state index in [0.29, 0.717) is 18.8 Å². The molecule has 1 amide bonds. The lowest BCUT2D eigenvalue weighted by Gasteiger charge is -2.27. The fourth-order valence-corrected chi connectivity index (χ4v) is 2.67. The van der Waals surface area contributed by atoms with Gasteiger partial charge in [-0.2, -0.15) is 0 Å². The van der Waals surface area contributed by atoms with Crippen molar-refractivity contribution in [1.29, 1.82) is 0 Å². The molecule has 1 aliphatic rings. The molecule has 122 valence electrons. The van der Waals surface area contributed by atoms with Crippen molar-refractivity contribution in [3.63, 3.8) is 0 Å². The molecular weight excluding hydrogens is 300 g/mol. The molecular formula is C20H20N2O2. The maximum Gasteiger partial charge on any atom is 0.289 e. The summed E-state index contributed by atoms with van der Waals surface area (Å²) < 4.78 is 5.41. The summed E-state index contributed by atoms with van der Waals surface area (Å²) in [5.41, 5.74) is 3.02. The zero-order valence-electron chi connectivity index (χ0n) is 14.0. The molecule has 0 atom stereocenters. The van der Waals surface area contributed by atoms with E-state index >= 15 is 0 Å². The predicted octanol–water partition coefficient (Wildman–Crippen LogP) is 3.51. The molecule has 0 unspecified atom stereocenters. The van der Waals surface area contributed by atoms with E-state index in [4.69, 9.17) is 4.42 Å². The lowest BCUT2D eigenvalue weighted by molar-refractivity contribution is 0.0710. The number of pyridine rings is 1. The van der Waals surface area contributed by atoms with Crippen molar-refractivity contribution < 1.29 is 9.21 Å². The number of carbonyl (C=O) groups excluding carboxylic acids is 1. The Bertz CT molecular complexity index is 827. The highest BCUT2D eigenvalue weighted by molar-refractivity contribution is 5.91. The van der Waals surface area contributed by atoms with Crippen molar-refractivity contribution in [1.82, 2.24) is 9.88 Å². The summed E-state index contributed by atoms with van der Waals surface area (Å²) in [5, 5.41) is 0. The van der Waals surface area contributed by atoms with Crippen molar-refractivity contribution in [2.75, 3.05) is 13.1 Å². The predicted molar refractivity (Wildman–Crippen MR) is 92.5 cm³/mol. The van der Waals surface area contributed by atoms with Gasteiger partial charge < -0.3 is 9.32 Å². The third kappa shape index (κ3) is 3.94. The van der Waals surface area contributed by atoms with E-state index in [-0.39, 0.29) is 5.91 Å². The molecule has 24 heavy (non-hydrogen) atoms. The molecule has 0 N–H and O–H groups in total. The first-order valence-electron chi connectivity index (χ1n) is 8.10. The van der Waals surface area contributed by atoms with Gasteiger partial charge in [0.15, 0.2) is 5.76 Å². The second kappa shape index (κ2) is 7.18. The van der Waals surface area contributed by atoms with Crippen LogP contribution in [0, 0.1) is 25.7 Å². The lowest BCUT2D eigenvalue weighted by atomic mass is 10.0. The summed E-state index contributed by atoms with van der Waals surface area (Å²) in [6, 6.07) is 9.38. The van der Waals surface area contributed by atoms with Crippen LogP contribution >= 0.6 is 0 Å². The third-order valence-electron chi connectivity index (χ3n) is 4.01. The minimum absolute atomic E-state index is 0.0304. The summed E-state index contributed by atoms with van der Waals surface area (Å²) in [7, 11) is 0. The van der Waals surface area contributed by atoms with Crippen molar-refractivity contribution in [2.24, 2.45) is 0 Å². The largest absolute Gasteiger partial charge is 0.456 e.